The highest BCUT2D eigenvalue weighted by Crippen LogP contribution is 2.41. The molecule has 0 saturated heterocycles. The zero-order chi connectivity index (χ0) is 14.5. The van der Waals surface area contributed by atoms with Gasteiger partial charge in [0.25, 0.3) is 0 Å². The monoisotopic (exact) mass is 290 g/mol. The summed E-state index contributed by atoms with van der Waals surface area (Å²) in [5.41, 5.74) is 1.11. The van der Waals surface area contributed by atoms with Gasteiger partial charge in [-0.3, -0.25) is 4.68 Å². The van der Waals surface area contributed by atoms with Crippen molar-refractivity contribution >= 4 is 0 Å². The van der Waals surface area contributed by atoms with E-state index < -0.39 is 0 Å². The molecule has 2 aromatic rings. The molecule has 3 rings (SSSR count). The summed E-state index contributed by atoms with van der Waals surface area (Å²) in [6, 6.07) is 3.95. The van der Waals surface area contributed by atoms with E-state index in [2.05, 4.69) is 15.6 Å². The summed E-state index contributed by atoms with van der Waals surface area (Å²) in [6.45, 7) is 2.76. The zero-order valence-corrected chi connectivity index (χ0v) is 11.9. The van der Waals surface area contributed by atoms with Crippen molar-refractivity contribution in [2.24, 2.45) is 0 Å². The third-order valence-corrected chi connectivity index (χ3v) is 3.26. The van der Waals surface area contributed by atoms with Gasteiger partial charge in [0, 0.05) is 19.3 Å². The number of aromatic nitrogens is 3. The number of hydrogen-bond donors (Lipinski definition) is 1. The Labute approximate surface area is 122 Å². The lowest BCUT2D eigenvalue weighted by Gasteiger charge is -2.09. The predicted octanol–water partition coefficient (Wildman–Crippen LogP) is 1.20. The van der Waals surface area contributed by atoms with Crippen LogP contribution in [0.25, 0.3) is 0 Å². The lowest BCUT2D eigenvalue weighted by atomic mass is 10.2. The summed E-state index contributed by atoms with van der Waals surface area (Å²) in [7, 11) is 1.63. The van der Waals surface area contributed by atoms with Gasteiger partial charge in [0.1, 0.15) is 0 Å². The van der Waals surface area contributed by atoms with Crippen molar-refractivity contribution in [1.29, 1.82) is 0 Å². The molecule has 2 heterocycles. The molecule has 0 spiro atoms. The Morgan fingerprint density at radius 1 is 1.38 bits per heavy atom. The molecular formula is C14H18N4O3. The molecule has 0 amide bonds. The van der Waals surface area contributed by atoms with Crippen molar-refractivity contribution in [3.63, 3.8) is 0 Å². The summed E-state index contributed by atoms with van der Waals surface area (Å²) in [6.07, 6.45) is 4.54. The van der Waals surface area contributed by atoms with Crippen LogP contribution >= 0.6 is 0 Å². The average Bonchev–Trinajstić information content (AvgIpc) is 3.16. The number of methoxy groups -OCH3 is 1. The first-order chi connectivity index (χ1) is 10.4. The van der Waals surface area contributed by atoms with Crippen LogP contribution in [0.5, 0.6) is 17.2 Å². The van der Waals surface area contributed by atoms with Gasteiger partial charge in [0.2, 0.25) is 12.5 Å². The smallest absolute Gasteiger partial charge is 0.231 e. The number of benzene rings is 1. The average molecular weight is 290 g/mol. The zero-order valence-electron chi connectivity index (χ0n) is 11.9. The number of fused-ring (bicyclic) bond motifs is 1. The molecule has 21 heavy (non-hydrogen) atoms. The fourth-order valence-electron chi connectivity index (χ4n) is 2.24. The SMILES string of the molecule is COc1cc(CNCCCn2ccnn2)cc2c1OCO2. The van der Waals surface area contributed by atoms with E-state index in [0.717, 1.165) is 37.4 Å². The molecule has 112 valence electrons. The lowest BCUT2D eigenvalue weighted by Crippen LogP contribution is -2.16. The first-order valence-electron chi connectivity index (χ1n) is 6.88. The van der Waals surface area contributed by atoms with Crippen LogP contribution in [0, 0.1) is 0 Å². The molecule has 0 bridgehead atoms. The van der Waals surface area contributed by atoms with Gasteiger partial charge in [0.15, 0.2) is 11.5 Å². The molecule has 7 nitrogen and oxygen atoms in total. The Balaban J connectivity index is 1.49. The standard InChI is InChI=1S/C14H18N4O3/c1-19-12-7-11(8-13-14(12)21-10-20-13)9-15-3-2-5-18-6-4-16-17-18/h4,6-8,15H,2-3,5,9-10H2,1H3. The van der Waals surface area contributed by atoms with E-state index in [-0.39, 0.29) is 6.79 Å². The number of hydrogen-bond acceptors (Lipinski definition) is 6. The molecule has 7 heteroatoms. The van der Waals surface area contributed by atoms with Gasteiger partial charge in [0.05, 0.1) is 13.3 Å². The molecule has 1 aliphatic heterocycles. The van der Waals surface area contributed by atoms with Gasteiger partial charge in [-0.05, 0) is 30.7 Å². The van der Waals surface area contributed by atoms with E-state index in [0.29, 0.717) is 11.5 Å². The maximum Gasteiger partial charge on any atom is 0.231 e. The van der Waals surface area contributed by atoms with E-state index in [1.54, 1.807) is 13.3 Å². The highest BCUT2D eigenvalue weighted by atomic mass is 16.7. The molecule has 1 aliphatic rings. The second kappa shape index (κ2) is 6.45. The summed E-state index contributed by atoms with van der Waals surface area (Å²) in [5.74, 6) is 2.14. The van der Waals surface area contributed by atoms with Crippen molar-refractivity contribution in [2.45, 2.75) is 19.5 Å². The highest BCUT2D eigenvalue weighted by molar-refractivity contribution is 5.55. The van der Waals surface area contributed by atoms with Crippen LogP contribution in [0.2, 0.25) is 0 Å². The maximum absolute atomic E-state index is 5.41. The molecule has 0 radical (unpaired) electrons. The minimum absolute atomic E-state index is 0.250. The van der Waals surface area contributed by atoms with Gasteiger partial charge >= 0.3 is 0 Å². The van der Waals surface area contributed by atoms with Crippen LogP contribution in [-0.4, -0.2) is 35.4 Å². The Morgan fingerprint density at radius 2 is 2.33 bits per heavy atom. The van der Waals surface area contributed by atoms with Crippen LogP contribution < -0.4 is 19.5 Å². The third kappa shape index (κ3) is 3.25. The third-order valence-electron chi connectivity index (χ3n) is 3.26. The van der Waals surface area contributed by atoms with Gasteiger partial charge in [-0.2, -0.15) is 0 Å². The van der Waals surface area contributed by atoms with Gasteiger partial charge < -0.3 is 19.5 Å². The summed E-state index contributed by atoms with van der Waals surface area (Å²) in [5, 5.41) is 11.1. The summed E-state index contributed by atoms with van der Waals surface area (Å²) >= 11 is 0. The molecule has 0 fully saturated rings. The van der Waals surface area contributed by atoms with Crippen molar-refractivity contribution in [1.82, 2.24) is 20.3 Å². The second-order valence-electron chi connectivity index (χ2n) is 4.73. The van der Waals surface area contributed by atoms with Crippen molar-refractivity contribution in [3.8, 4) is 17.2 Å². The minimum atomic E-state index is 0.250. The lowest BCUT2D eigenvalue weighted by molar-refractivity contribution is 0.171. The molecule has 0 saturated carbocycles. The van der Waals surface area contributed by atoms with Gasteiger partial charge in [-0.25, -0.2) is 0 Å². The highest BCUT2D eigenvalue weighted by Gasteiger charge is 2.19. The van der Waals surface area contributed by atoms with Gasteiger partial charge in [-0.1, -0.05) is 5.21 Å². The van der Waals surface area contributed by atoms with E-state index in [9.17, 15) is 0 Å². The minimum Gasteiger partial charge on any atom is -0.493 e. The molecule has 1 aromatic carbocycles. The normalized spacial score (nSPS) is 12.6. The Hall–Kier alpha value is -2.28. The molecule has 0 unspecified atom stereocenters. The first-order valence-corrected chi connectivity index (χ1v) is 6.88. The van der Waals surface area contributed by atoms with Crippen LogP contribution in [-0.2, 0) is 13.1 Å². The van der Waals surface area contributed by atoms with Crippen LogP contribution in [0.15, 0.2) is 24.5 Å². The number of nitrogens with one attached hydrogen (secondary N) is 1. The number of aryl methyl sites for hydroxylation is 1. The number of ether oxygens (including phenoxy) is 3. The van der Waals surface area contributed by atoms with Crippen molar-refractivity contribution in [3.05, 3.63) is 30.1 Å². The predicted molar refractivity (Wildman–Crippen MR) is 75.5 cm³/mol. The van der Waals surface area contributed by atoms with Crippen LogP contribution in [0.1, 0.15) is 12.0 Å². The number of nitrogens with zero attached hydrogens (tertiary/aromatic N) is 3. The first kappa shape index (κ1) is 13.7. The summed E-state index contributed by atoms with van der Waals surface area (Å²) < 4.78 is 17.9. The largest absolute Gasteiger partial charge is 0.493 e. The fraction of sp³-hybridized carbons (Fsp3) is 0.429. The van der Waals surface area contributed by atoms with Crippen LogP contribution in [0.4, 0.5) is 0 Å². The molecule has 0 atom stereocenters. The quantitative estimate of drug-likeness (QED) is 0.773. The molecular weight excluding hydrogens is 272 g/mol. The van der Waals surface area contributed by atoms with E-state index >= 15 is 0 Å². The van der Waals surface area contributed by atoms with E-state index in [4.69, 9.17) is 14.2 Å². The fourth-order valence-corrected chi connectivity index (χ4v) is 2.24. The van der Waals surface area contributed by atoms with Gasteiger partial charge in [-0.15, -0.1) is 5.10 Å². The second-order valence-corrected chi connectivity index (χ2v) is 4.73. The molecule has 1 N–H and O–H groups in total. The van der Waals surface area contributed by atoms with Crippen molar-refractivity contribution in [2.75, 3.05) is 20.4 Å². The molecule has 0 aliphatic carbocycles. The van der Waals surface area contributed by atoms with Crippen molar-refractivity contribution < 1.29 is 14.2 Å². The Morgan fingerprint density at radius 3 is 3.14 bits per heavy atom. The molecule has 1 aromatic heterocycles. The van der Waals surface area contributed by atoms with E-state index in [1.165, 1.54) is 0 Å². The Kier molecular flexibility index (Phi) is 4.20. The van der Waals surface area contributed by atoms with E-state index in [1.807, 2.05) is 23.0 Å². The number of rotatable bonds is 7. The summed E-state index contributed by atoms with van der Waals surface area (Å²) in [4.78, 5) is 0. The maximum atomic E-state index is 5.41. The topological polar surface area (TPSA) is 70.4 Å². The Bertz CT molecular complexity index is 586. The van der Waals surface area contributed by atoms with Crippen LogP contribution in [0.3, 0.4) is 0 Å².